The molecule has 1 aromatic heterocycles. The van der Waals surface area contributed by atoms with Crippen molar-refractivity contribution in [2.24, 2.45) is 4.99 Å². The fourth-order valence-corrected chi connectivity index (χ4v) is 2.73. The molecular weight excluding hydrogens is 316 g/mol. The van der Waals surface area contributed by atoms with Gasteiger partial charge in [-0.25, -0.2) is 4.99 Å². The Morgan fingerprint density at radius 1 is 1.32 bits per heavy atom. The van der Waals surface area contributed by atoms with Crippen LogP contribution in [0.2, 0.25) is 0 Å². The van der Waals surface area contributed by atoms with E-state index in [0.29, 0.717) is 19.8 Å². The van der Waals surface area contributed by atoms with Gasteiger partial charge in [0.25, 0.3) is 0 Å². The summed E-state index contributed by atoms with van der Waals surface area (Å²) in [6, 6.07) is 12.1. The van der Waals surface area contributed by atoms with Gasteiger partial charge < -0.3 is 20.1 Å². The number of para-hydroxylation sites is 1. The molecule has 0 radical (unpaired) electrons. The average molecular weight is 340 g/mol. The molecule has 0 saturated heterocycles. The predicted octanol–water partition coefficient (Wildman–Crippen LogP) is 2.54. The maximum absolute atomic E-state index is 5.72. The number of fused-ring (bicyclic) bond motifs is 1. The van der Waals surface area contributed by atoms with Gasteiger partial charge in [-0.3, -0.25) is 4.98 Å². The maximum atomic E-state index is 5.72. The predicted molar refractivity (Wildman–Crippen MR) is 98.1 cm³/mol. The normalized spacial score (nSPS) is 16.5. The zero-order valence-electron chi connectivity index (χ0n) is 14.4. The van der Waals surface area contributed by atoms with E-state index in [-0.39, 0.29) is 6.04 Å². The molecule has 6 nitrogen and oxygen atoms in total. The number of nitrogens with one attached hydrogen (secondary N) is 2. The number of aliphatic imine (C=N–C) groups is 1. The first-order valence-electron chi connectivity index (χ1n) is 8.66. The zero-order chi connectivity index (χ0) is 17.3. The van der Waals surface area contributed by atoms with Crippen molar-refractivity contribution in [1.82, 2.24) is 15.6 Å². The molecular formula is C19H24N4O2. The van der Waals surface area contributed by atoms with E-state index in [2.05, 4.69) is 33.6 Å². The standard InChI is InChI=1S/C19H24N4O2/c1-2-21-19(22-11-13-24-15-6-5-10-20-14-15)23-17-9-12-25-18-8-4-3-7-16(17)18/h3-8,10,14,17H,2,9,11-13H2,1H3,(H2,21,22,23). The minimum atomic E-state index is 0.196. The van der Waals surface area contributed by atoms with Gasteiger partial charge in [0.2, 0.25) is 0 Å². The number of aromatic nitrogens is 1. The Morgan fingerprint density at radius 2 is 2.24 bits per heavy atom. The number of nitrogens with zero attached hydrogens (tertiary/aromatic N) is 2. The lowest BCUT2D eigenvalue weighted by molar-refractivity contribution is 0.261. The number of benzene rings is 1. The van der Waals surface area contributed by atoms with E-state index in [1.165, 1.54) is 5.56 Å². The van der Waals surface area contributed by atoms with Gasteiger partial charge in [-0.2, -0.15) is 0 Å². The molecule has 0 saturated carbocycles. The Morgan fingerprint density at radius 3 is 3.08 bits per heavy atom. The zero-order valence-corrected chi connectivity index (χ0v) is 14.4. The molecule has 0 amide bonds. The Balaban J connectivity index is 1.57. The Bertz CT molecular complexity index is 691. The minimum absolute atomic E-state index is 0.196. The molecule has 1 aliphatic heterocycles. The molecule has 1 aromatic carbocycles. The first-order chi connectivity index (χ1) is 12.4. The van der Waals surface area contributed by atoms with Crippen LogP contribution in [0.25, 0.3) is 0 Å². The molecule has 0 spiro atoms. The van der Waals surface area contributed by atoms with Crippen LogP contribution < -0.4 is 20.1 Å². The van der Waals surface area contributed by atoms with E-state index in [0.717, 1.165) is 30.4 Å². The van der Waals surface area contributed by atoms with E-state index in [4.69, 9.17) is 9.47 Å². The lowest BCUT2D eigenvalue weighted by Crippen LogP contribution is -2.41. The van der Waals surface area contributed by atoms with E-state index >= 15 is 0 Å². The van der Waals surface area contributed by atoms with E-state index in [1.807, 2.05) is 30.3 Å². The second kappa shape index (κ2) is 8.92. The molecule has 0 fully saturated rings. The quantitative estimate of drug-likeness (QED) is 0.480. The van der Waals surface area contributed by atoms with E-state index < -0.39 is 0 Å². The van der Waals surface area contributed by atoms with Crippen molar-refractivity contribution in [2.75, 3.05) is 26.3 Å². The number of guanidine groups is 1. The highest BCUT2D eigenvalue weighted by Gasteiger charge is 2.21. The second-order valence-corrected chi connectivity index (χ2v) is 5.67. The van der Waals surface area contributed by atoms with Crippen LogP contribution in [0, 0.1) is 0 Å². The molecule has 3 rings (SSSR count). The van der Waals surface area contributed by atoms with Crippen molar-refractivity contribution in [3.8, 4) is 11.5 Å². The van der Waals surface area contributed by atoms with Crippen LogP contribution in [-0.4, -0.2) is 37.2 Å². The van der Waals surface area contributed by atoms with Crippen molar-refractivity contribution in [1.29, 1.82) is 0 Å². The SMILES string of the molecule is CCNC(=NCCOc1cccnc1)NC1CCOc2ccccc21. The van der Waals surface area contributed by atoms with Crippen LogP contribution in [0.15, 0.2) is 53.8 Å². The third kappa shape index (κ3) is 4.86. The summed E-state index contributed by atoms with van der Waals surface area (Å²) in [5.74, 6) is 2.50. The monoisotopic (exact) mass is 340 g/mol. The molecule has 2 heterocycles. The number of hydrogen-bond donors (Lipinski definition) is 2. The molecule has 132 valence electrons. The summed E-state index contributed by atoms with van der Waals surface area (Å²) in [5.41, 5.74) is 1.17. The van der Waals surface area contributed by atoms with Gasteiger partial charge in [-0.05, 0) is 25.1 Å². The third-order valence-electron chi connectivity index (χ3n) is 3.88. The number of ether oxygens (including phenoxy) is 2. The first-order valence-corrected chi connectivity index (χ1v) is 8.66. The summed E-state index contributed by atoms with van der Waals surface area (Å²) in [4.78, 5) is 8.63. The largest absolute Gasteiger partial charge is 0.493 e. The van der Waals surface area contributed by atoms with Crippen molar-refractivity contribution >= 4 is 5.96 Å². The highest BCUT2D eigenvalue weighted by Crippen LogP contribution is 2.31. The van der Waals surface area contributed by atoms with Crippen molar-refractivity contribution in [3.05, 3.63) is 54.4 Å². The van der Waals surface area contributed by atoms with Crippen LogP contribution in [0.1, 0.15) is 24.9 Å². The van der Waals surface area contributed by atoms with Gasteiger partial charge in [-0.1, -0.05) is 18.2 Å². The third-order valence-corrected chi connectivity index (χ3v) is 3.88. The summed E-state index contributed by atoms with van der Waals surface area (Å²) in [7, 11) is 0. The van der Waals surface area contributed by atoms with Gasteiger partial charge in [0.1, 0.15) is 18.1 Å². The van der Waals surface area contributed by atoms with Gasteiger partial charge in [-0.15, -0.1) is 0 Å². The smallest absolute Gasteiger partial charge is 0.191 e. The van der Waals surface area contributed by atoms with Gasteiger partial charge in [0.05, 0.1) is 25.4 Å². The number of pyridine rings is 1. The van der Waals surface area contributed by atoms with Gasteiger partial charge in [0, 0.05) is 24.7 Å². The summed E-state index contributed by atoms with van der Waals surface area (Å²) in [6.45, 7) is 4.64. The van der Waals surface area contributed by atoms with Gasteiger partial charge >= 0.3 is 0 Å². The molecule has 2 N–H and O–H groups in total. The Kier molecular flexibility index (Phi) is 6.09. The fourth-order valence-electron chi connectivity index (χ4n) is 2.73. The van der Waals surface area contributed by atoms with E-state index in [9.17, 15) is 0 Å². The topological polar surface area (TPSA) is 67.8 Å². The lowest BCUT2D eigenvalue weighted by atomic mass is 10.0. The van der Waals surface area contributed by atoms with Crippen LogP contribution in [0.5, 0.6) is 11.5 Å². The molecule has 1 unspecified atom stereocenters. The molecule has 0 bridgehead atoms. The lowest BCUT2D eigenvalue weighted by Gasteiger charge is -2.28. The highest BCUT2D eigenvalue weighted by molar-refractivity contribution is 5.80. The number of hydrogen-bond acceptors (Lipinski definition) is 4. The van der Waals surface area contributed by atoms with Crippen molar-refractivity contribution in [3.63, 3.8) is 0 Å². The summed E-state index contributed by atoms with van der Waals surface area (Å²) in [6.07, 6.45) is 4.34. The number of rotatable bonds is 6. The summed E-state index contributed by atoms with van der Waals surface area (Å²) >= 11 is 0. The van der Waals surface area contributed by atoms with Crippen LogP contribution in [0.3, 0.4) is 0 Å². The highest BCUT2D eigenvalue weighted by atomic mass is 16.5. The fraction of sp³-hybridized carbons (Fsp3) is 0.368. The van der Waals surface area contributed by atoms with Crippen molar-refractivity contribution in [2.45, 2.75) is 19.4 Å². The molecule has 25 heavy (non-hydrogen) atoms. The summed E-state index contributed by atoms with van der Waals surface area (Å²) < 4.78 is 11.4. The average Bonchev–Trinajstić information content (AvgIpc) is 2.66. The molecule has 0 aliphatic carbocycles. The van der Waals surface area contributed by atoms with Crippen LogP contribution in [0.4, 0.5) is 0 Å². The first kappa shape index (κ1) is 17.1. The second-order valence-electron chi connectivity index (χ2n) is 5.67. The van der Waals surface area contributed by atoms with Gasteiger partial charge in [0.15, 0.2) is 5.96 Å². The molecule has 6 heteroatoms. The molecule has 1 aliphatic rings. The minimum Gasteiger partial charge on any atom is -0.493 e. The van der Waals surface area contributed by atoms with Crippen LogP contribution in [-0.2, 0) is 0 Å². The Hall–Kier alpha value is -2.76. The van der Waals surface area contributed by atoms with Crippen molar-refractivity contribution < 1.29 is 9.47 Å². The molecule has 2 aromatic rings. The maximum Gasteiger partial charge on any atom is 0.191 e. The van der Waals surface area contributed by atoms with E-state index in [1.54, 1.807) is 12.4 Å². The van der Waals surface area contributed by atoms with Crippen LogP contribution >= 0.6 is 0 Å². The summed E-state index contributed by atoms with van der Waals surface area (Å²) in [5, 5.41) is 6.79. The molecule has 1 atom stereocenters. The Labute approximate surface area is 148 Å².